The number of benzene rings is 1. The van der Waals surface area contributed by atoms with Gasteiger partial charge in [0.15, 0.2) is 0 Å². The van der Waals surface area contributed by atoms with Crippen molar-refractivity contribution in [3.8, 4) is 5.88 Å². The molecule has 0 atom stereocenters. The number of anilines is 1. The quantitative estimate of drug-likeness (QED) is 0.885. The van der Waals surface area contributed by atoms with E-state index in [-0.39, 0.29) is 0 Å². The molecule has 0 aliphatic carbocycles. The van der Waals surface area contributed by atoms with Crippen LogP contribution in [-0.4, -0.2) is 11.6 Å². The van der Waals surface area contributed by atoms with Gasteiger partial charge in [-0.1, -0.05) is 23.8 Å². The Hall–Kier alpha value is -2.03. The molecule has 19 heavy (non-hydrogen) atoms. The molecule has 1 aromatic carbocycles. The maximum absolute atomic E-state index is 5.32. The summed E-state index contributed by atoms with van der Waals surface area (Å²) in [6.45, 7) is 7.65. The Bertz CT molecular complexity index is 535. The topological polar surface area (TPSA) is 34.1 Å². The van der Waals surface area contributed by atoms with Crippen LogP contribution in [0.15, 0.2) is 36.5 Å². The van der Waals surface area contributed by atoms with Gasteiger partial charge in [0.2, 0.25) is 5.88 Å². The van der Waals surface area contributed by atoms with Crippen molar-refractivity contribution in [2.24, 2.45) is 0 Å². The van der Waals surface area contributed by atoms with Crippen LogP contribution in [0.1, 0.15) is 23.6 Å². The summed E-state index contributed by atoms with van der Waals surface area (Å²) in [6.07, 6.45) is 1.80. The second-order valence-electron chi connectivity index (χ2n) is 4.60. The van der Waals surface area contributed by atoms with Gasteiger partial charge in [-0.2, -0.15) is 0 Å². The molecule has 0 bridgehead atoms. The summed E-state index contributed by atoms with van der Waals surface area (Å²) >= 11 is 0. The minimum atomic E-state index is 0.641. The van der Waals surface area contributed by atoms with Crippen molar-refractivity contribution in [3.63, 3.8) is 0 Å². The number of rotatable bonds is 5. The van der Waals surface area contributed by atoms with E-state index in [1.807, 2.05) is 19.1 Å². The fourth-order valence-corrected chi connectivity index (χ4v) is 1.96. The molecule has 0 aliphatic heterocycles. The summed E-state index contributed by atoms with van der Waals surface area (Å²) in [5.74, 6) is 0.666. The predicted octanol–water partition coefficient (Wildman–Crippen LogP) is 3.71. The van der Waals surface area contributed by atoms with E-state index < -0.39 is 0 Å². The molecule has 0 saturated carbocycles. The van der Waals surface area contributed by atoms with Crippen molar-refractivity contribution >= 4 is 5.69 Å². The zero-order valence-electron chi connectivity index (χ0n) is 11.7. The second-order valence-corrected chi connectivity index (χ2v) is 4.60. The van der Waals surface area contributed by atoms with Crippen LogP contribution in [0, 0.1) is 13.8 Å². The van der Waals surface area contributed by atoms with Gasteiger partial charge >= 0.3 is 0 Å². The number of pyridine rings is 1. The Morgan fingerprint density at radius 2 is 2.00 bits per heavy atom. The maximum Gasteiger partial charge on any atom is 0.213 e. The molecule has 2 rings (SSSR count). The fourth-order valence-electron chi connectivity index (χ4n) is 1.96. The predicted molar refractivity (Wildman–Crippen MR) is 78.6 cm³/mol. The summed E-state index contributed by atoms with van der Waals surface area (Å²) in [5, 5.41) is 3.37. The standard InChI is InChI=1S/C16H20N2O/c1-4-19-16-8-7-15(11-18-16)17-10-14-6-5-12(2)9-13(14)3/h5-9,11,17H,4,10H2,1-3H3. The lowest BCUT2D eigenvalue weighted by atomic mass is 10.1. The summed E-state index contributed by atoms with van der Waals surface area (Å²) < 4.78 is 5.32. The van der Waals surface area contributed by atoms with Crippen molar-refractivity contribution in [2.45, 2.75) is 27.3 Å². The van der Waals surface area contributed by atoms with Gasteiger partial charge in [0, 0.05) is 12.6 Å². The van der Waals surface area contributed by atoms with Crippen LogP contribution in [0.25, 0.3) is 0 Å². The molecule has 0 amide bonds. The van der Waals surface area contributed by atoms with Crippen molar-refractivity contribution in [3.05, 3.63) is 53.2 Å². The van der Waals surface area contributed by atoms with E-state index in [2.05, 4.69) is 42.3 Å². The van der Waals surface area contributed by atoms with Crippen molar-refractivity contribution in [1.82, 2.24) is 4.98 Å². The molecular formula is C16H20N2O. The first kappa shape index (κ1) is 13.4. The van der Waals surface area contributed by atoms with E-state index in [0.717, 1.165) is 12.2 Å². The molecule has 0 aliphatic rings. The van der Waals surface area contributed by atoms with Crippen molar-refractivity contribution < 1.29 is 4.74 Å². The highest BCUT2D eigenvalue weighted by Crippen LogP contribution is 2.15. The zero-order valence-corrected chi connectivity index (χ0v) is 11.7. The fraction of sp³-hybridized carbons (Fsp3) is 0.312. The van der Waals surface area contributed by atoms with Crippen LogP contribution < -0.4 is 10.1 Å². The Balaban J connectivity index is 1.98. The van der Waals surface area contributed by atoms with Gasteiger partial charge in [0.05, 0.1) is 18.5 Å². The first-order chi connectivity index (χ1) is 9.19. The molecule has 3 nitrogen and oxygen atoms in total. The average molecular weight is 256 g/mol. The molecule has 100 valence electrons. The number of nitrogens with one attached hydrogen (secondary N) is 1. The SMILES string of the molecule is CCOc1ccc(NCc2ccc(C)cc2C)cn1. The number of hydrogen-bond acceptors (Lipinski definition) is 3. The molecule has 0 spiro atoms. The lowest BCUT2D eigenvalue weighted by molar-refractivity contribution is 0.327. The highest BCUT2D eigenvalue weighted by atomic mass is 16.5. The third-order valence-electron chi connectivity index (χ3n) is 3.01. The first-order valence-electron chi connectivity index (χ1n) is 6.58. The third kappa shape index (κ3) is 3.71. The molecule has 1 heterocycles. The Morgan fingerprint density at radius 1 is 1.16 bits per heavy atom. The molecule has 0 saturated heterocycles. The van der Waals surface area contributed by atoms with E-state index >= 15 is 0 Å². The number of aryl methyl sites for hydroxylation is 2. The van der Waals surface area contributed by atoms with Gasteiger partial charge in [0.25, 0.3) is 0 Å². The van der Waals surface area contributed by atoms with Crippen LogP contribution >= 0.6 is 0 Å². The van der Waals surface area contributed by atoms with E-state index in [4.69, 9.17) is 4.74 Å². The Kier molecular flexibility index (Phi) is 4.39. The lowest BCUT2D eigenvalue weighted by Crippen LogP contribution is -2.02. The summed E-state index contributed by atoms with van der Waals surface area (Å²) in [5.41, 5.74) is 4.92. The van der Waals surface area contributed by atoms with Crippen molar-refractivity contribution in [2.75, 3.05) is 11.9 Å². The minimum Gasteiger partial charge on any atom is -0.478 e. The number of hydrogen-bond donors (Lipinski definition) is 1. The van der Waals surface area contributed by atoms with Crippen LogP contribution in [0.3, 0.4) is 0 Å². The molecule has 2 aromatic rings. The first-order valence-corrected chi connectivity index (χ1v) is 6.58. The van der Waals surface area contributed by atoms with Crippen LogP contribution in [0.4, 0.5) is 5.69 Å². The molecule has 0 unspecified atom stereocenters. The zero-order chi connectivity index (χ0) is 13.7. The van der Waals surface area contributed by atoms with Gasteiger partial charge in [-0.05, 0) is 38.0 Å². The van der Waals surface area contributed by atoms with Crippen LogP contribution in [-0.2, 0) is 6.54 Å². The second kappa shape index (κ2) is 6.23. The normalized spacial score (nSPS) is 10.3. The monoisotopic (exact) mass is 256 g/mol. The van der Waals surface area contributed by atoms with Gasteiger partial charge < -0.3 is 10.1 Å². The van der Waals surface area contributed by atoms with Crippen molar-refractivity contribution in [1.29, 1.82) is 0 Å². The average Bonchev–Trinajstić information content (AvgIpc) is 2.40. The van der Waals surface area contributed by atoms with E-state index in [1.165, 1.54) is 16.7 Å². The van der Waals surface area contributed by atoms with Gasteiger partial charge in [-0.15, -0.1) is 0 Å². The Labute approximate surface area is 114 Å². The van der Waals surface area contributed by atoms with Gasteiger partial charge in [0.1, 0.15) is 0 Å². The van der Waals surface area contributed by atoms with Gasteiger partial charge in [-0.25, -0.2) is 4.98 Å². The largest absolute Gasteiger partial charge is 0.478 e. The summed E-state index contributed by atoms with van der Waals surface area (Å²) in [4.78, 5) is 4.23. The molecule has 1 aromatic heterocycles. The van der Waals surface area contributed by atoms with Crippen LogP contribution in [0.5, 0.6) is 5.88 Å². The molecule has 1 N–H and O–H groups in total. The number of nitrogens with zero attached hydrogens (tertiary/aromatic N) is 1. The number of ether oxygens (including phenoxy) is 1. The number of aromatic nitrogens is 1. The lowest BCUT2D eigenvalue weighted by Gasteiger charge is -2.10. The highest BCUT2D eigenvalue weighted by molar-refractivity contribution is 5.43. The Morgan fingerprint density at radius 3 is 2.63 bits per heavy atom. The van der Waals surface area contributed by atoms with Crippen LogP contribution in [0.2, 0.25) is 0 Å². The van der Waals surface area contributed by atoms with E-state index in [1.54, 1.807) is 6.20 Å². The highest BCUT2D eigenvalue weighted by Gasteiger charge is 2.00. The van der Waals surface area contributed by atoms with E-state index in [9.17, 15) is 0 Å². The summed E-state index contributed by atoms with van der Waals surface area (Å²) in [7, 11) is 0. The third-order valence-corrected chi connectivity index (χ3v) is 3.01. The van der Waals surface area contributed by atoms with E-state index in [0.29, 0.717) is 12.5 Å². The minimum absolute atomic E-state index is 0.641. The molecule has 3 heteroatoms. The summed E-state index contributed by atoms with van der Waals surface area (Å²) in [6, 6.07) is 10.4. The molecular weight excluding hydrogens is 236 g/mol. The smallest absolute Gasteiger partial charge is 0.213 e. The maximum atomic E-state index is 5.32. The molecule has 0 fully saturated rings. The van der Waals surface area contributed by atoms with Gasteiger partial charge in [-0.3, -0.25) is 0 Å². The molecule has 0 radical (unpaired) electrons.